The third kappa shape index (κ3) is 2.57. The number of aliphatic imine (C=N–C) groups is 1. The van der Waals surface area contributed by atoms with Crippen LogP contribution in [0.1, 0.15) is 41.4 Å². The number of carbonyl (C=O) groups excluding carboxylic acids is 2. The molecule has 1 aromatic heterocycles. The lowest BCUT2D eigenvalue weighted by atomic mass is 9.78. The van der Waals surface area contributed by atoms with Gasteiger partial charge in [0.25, 0.3) is 0 Å². The first-order valence-electron chi connectivity index (χ1n) is 8.78. The Balaban J connectivity index is 1.91. The Kier molecular flexibility index (Phi) is 4.18. The molecule has 0 bridgehead atoms. The van der Waals surface area contributed by atoms with Crippen LogP contribution in [0.5, 0.6) is 0 Å². The molecule has 1 aliphatic carbocycles. The Morgan fingerprint density at radius 2 is 1.96 bits per heavy atom. The van der Waals surface area contributed by atoms with Gasteiger partial charge in [0.05, 0.1) is 24.3 Å². The van der Waals surface area contributed by atoms with Crippen LogP contribution >= 0.6 is 0 Å². The highest BCUT2D eigenvalue weighted by atomic mass is 16.6. The van der Waals surface area contributed by atoms with Crippen molar-refractivity contribution in [1.82, 2.24) is 0 Å². The van der Waals surface area contributed by atoms with E-state index in [9.17, 15) is 19.7 Å². The Morgan fingerprint density at radius 1 is 1.25 bits per heavy atom. The highest BCUT2D eigenvalue weighted by molar-refractivity contribution is 6.24. The number of esters is 1. The lowest BCUT2D eigenvalue weighted by Crippen LogP contribution is -2.34. The Labute approximate surface area is 159 Å². The SMILES string of the molecule is CCOC(=O)C1C(C)=NC2=C(C(=O)c3ccccc32)C1c1ccc([N+](=O)[O-])o1. The molecule has 28 heavy (non-hydrogen) atoms. The molecular weight excluding hydrogens is 364 g/mol. The van der Waals surface area contributed by atoms with Gasteiger partial charge in [-0.2, -0.15) is 0 Å². The Morgan fingerprint density at radius 3 is 2.61 bits per heavy atom. The number of benzene rings is 1. The number of nitrogens with zero attached hydrogens (tertiary/aromatic N) is 2. The smallest absolute Gasteiger partial charge is 0.433 e. The van der Waals surface area contributed by atoms with Crippen LogP contribution in [0.25, 0.3) is 5.70 Å². The number of carbonyl (C=O) groups is 2. The summed E-state index contributed by atoms with van der Waals surface area (Å²) < 4.78 is 10.6. The maximum Gasteiger partial charge on any atom is 0.433 e. The monoisotopic (exact) mass is 380 g/mol. The van der Waals surface area contributed by atoms with Gasteiger partial charge in [0.2, 0.25) is 0 Å². The van der Waals surface area contributed by atoms with Crippen LogP contribution < -0.4 is 0 Å². The molecular formula is C20H16N2O6. The first-order valence-corrected chi connectivity index (χ1v) is 8.78. The molecule has 2 aliphatic rings. The molecule has 2 aromatic rings. The van der Waals surface area contributed by atoms with E-state index in [2.05, 4.69) is 4.99 Å². The van der Waals surface area contributed by atoms with Gasteiger partial charge in [-0.15, -0.1) is 0 Å². The van der Waals surface area contributed by atoms with Crippen molar-refractivity contribution < 1.29 is 23.7 Å². The van der Waals surface area contributed by atoms with E-state index in [0.29, 0.717) is 28.1 Å². The molecule has 2 unspecified atom stereocenters. The zero-order chi connectivity index (χ0) is 20.0. The van der Waals surface area contributed by atoms with Crippen LogP contribution in [-0.4, -0.2) is 29.0 Å². The predicted molar refractivity (Wildman–Crippen MR) is 99.0 cm³/mol. The second-order valence-corrected chi connectivity index (χ2v) is 6.53. The molecule has 0 fully saturated rings. The fourth-order valence-electron chi connectivity index (χ4n) is 3.80. The summed E-state index contributed by atoms with van der Waals surface area (Å²) in [4.78, 5) is 40.8. The lowest BCUT2D eigenvalue weighted by molar-refractivity contribution is -0.402. The molecule has 0 amide bonds. The summed E-state index contributed by atoms with van der Waals surface area (Å²) in [5.41, 5.74) is 2.40. The lowest BCUT2D eigenvalue weighted by Gasteiger charge is -2.28. The number of Topliss-reactive ketones (excluding diaryl/α,β-unsaturated/α-hetero) is 1. The van der Waals surface area contributed by atoms with E-state index in [4.69, 9.17) is 9.15 Å². The number of hydrogen-bond donors (Lipinski definition) is 0. The highest BCUT2D eigenvalue weighted by Gasteiger charge is 2.47. The third-order valence-electron chi connectivity index (χ3n) is 4.95. The first-order chi connectivity index (χ1) is 13.4. The van der Waals surface area contributed by atoms with Crippen molar-refractivity contribution in [3.63, 3.8) is 0 Å². The van der Waals surface area contributed by atoms with E-state index in [1.54, 1.807) is 38.1 Å². The second kappa shape index (κ2) is 6.56. The molecule has 8 heteroatoms. The molecule has 8 nitrogen and oxygen atoms in total. The van der Waals surface area contributed by atoms with Crippen molar-refractivity contribution in [1.29, 1.82) is 0 Å². The van der Waals surface area contributed by atoms with Gasteiger partial charge in [-0.25, -0.2) is 0 Å². The van der Waals surface area contributed by atoms with Gasteiger partial charge in [-0.1, -0.05) is 24.3 Å². The minimum Gasteiger partial charge on any atom is -0.465 e. The average Bonchev–Trinajstić information content (AvgIpc) is 3.26. The molecule has 1 aliphatic heterocycles. The van der Waals surface area contributed by atoms with E-state index in [0.717, 1.165) is 0 Å². The van der Waals surface area contributed by atoms with Gasteiger partial charge in [0.15, 0.2) is 5.78 Å². The summed E-state index contributed by atoms with van der Waals surface area (Å²) in [6.07, 6.45) is 0. The summed E-state index contributed by atoms with van der Waals surface area (Å²) in [5.74, 6) is -2.86. The van der Waals surface area contributed by atoms with E-state index in [1.165, 1.54) is 12.1 Å². The number of rotatable bonds is 4. The van der Waals surface area contributed by atoms with Gasteiger partial charge in [0, 0.05) is 22.4 Å². The van der Waals surface area contributed by atoms with Gasteiger partial charge < -0.3 is 9.15 Å². The van der Waals surface area contributed by atoms with Gasteiger partial charge in [-0.05, 0) is 19.9 Å². The fourth-order valence-corrected chi connectivity index (χ4v) is 3.80. The predicted octanol–water partition coefficient (Wildman–Crippen LogP) is 3.53. The highest BCUT2D eigenvalue weighted by Crippen LogP contribution is 2.48. The first kappa shape index (κ1) is 17.8. The van der Waals surface area contributed by atoms with E-state index >= 15 is 0 Å². The van der Waals surface area contributed by atoms with Gasteiger partial charge in [-0.3, -0.25) is 24.7 Å². The molecule has 0 spiro atoms. The second-order valence-electron chi connectivity index (χ2n) is 6.53. The van der Waals surface area contributed by atoms with E-state index in [-0.39, 0.29) is 18.2 Å². The number of ketones is 1. The summed E-state index contributed by atoms with van der Waals surface area (Å²) in [6.45, 7) is 3.52. The van der Waals surface area contributed by atoms with Crippen LogP contribution in [0, 0.1) is 16.0 Å². The van der Waals surface area contributed by atoms with Crippen LogP contribution in [0.4, 0.5) is 5.88 Å². The third-order valence-corrected chi connectivity index (χ3v) is 4.95. The normalized spacial score (nSPS) is 20.5. The maximum absolute atomic E-state index is 13.1. The quantitative estimate of drug-likeness (QED) is 0.456. The molecule has 0 radical (unpaired) electrons. The number of fused-ring (bicyclic) bond motifs is 2. The summed E-state index contributed by atoms with van der Waals surface area (Å²) in [5, 5.41) is 11.1. The van der Waals surface area contributed by atoms with Crippen molar-refractivity contribution in [2.75, 3.05) is 6.61 Å². The summed E-state index contributed by atoms with van der Waals surface area (Å²) in [7, 11) is 0. The summed E-state index contributed by atoms with van der Waals surface area (Å²) >= 11 is 0. The van der Waals surface area contributed by atoms with Crippen molar-refractivity contribution in [3.8, 4) is 0 Å². The average molecular weight is 380 g/mol. The van der Waals surface area contributed by atoms with Crippen LogP contribution in [0.2, 0.25) is 0 Å². The minimum absolute atomic E-state index is 0.160. The van der Waals surface area contributed by atoms with E-state index < -0.39 is 28.6 Å². The number of allylic oxidation sites excluding steroid dienone is 1. The molecule has 2 atom stereocenters. The van der Waals surface area contributed by atoms with Crippen LogP contribution in [-0.2, 0) is 9.53 Å². The number of hydrogen-bond acceptors (Lipinski definition) is 7. The summed E-state index contributed by atoms with van der Waals surface area (Å²) in [6, 6.07) is 9.68. The molecule has 0 saturated carbocycles. The van der Waals surface area contributed by atoms with Crippen molar-refractivity contribution in [2.24, 2.45) is 10.9 Å². The van der Waals surface area contributed by atoms with Crippen molar-refractivity contribution in [3.05, 3.63) is 69.0 Å². The van der Waals surface area contributed by atoms with Crippen molar-refractivity contribution >= 4 is 29.0 Å². The Bertz CT molecular complexity index is 1080. The number of furan rings is 1. The Hall–Kier alpha value is -3.55. The standard InChI is InChI=1S/C20H16N2O6/c1-3-27-20(24)15-10(2)21-18-11-6-4-5-7-12(11)19(23)17(18)16(15)13-8-9-14(28-13)22(25)26/h4-9,15-16H,3H2,1-2H3. The fraction of sp³-hybridized carbons (Fsp3) is 0.250. The molecule has 1 aromatic carbocycles. The molecule has 0 N–H and O–H groups in total. The number of ether oxygens (including phenoxy) is 1. The molecule has 0 saturated heterocycles. The maximum atomic E-state index is 13.1. The van der Waals surface area contributed by atoms with Crippen LogP contribution in [0.15, 0.2) is 51.4 Å². The minimum atomic E-state index is -0.900. The van der Waals surface area contributed by atoms with Crippen LogP contribution in [0.3, 0.4) is 0 Å². The van der Waals surface area contributed by atoms with E-state index in [1.807, 2.05) is 0 Å². The molecule has 142 valence electrons. The van der Waals surface area contributed by atoms with Crippen molar-refractivity contribution in [2.45, 2.75) is 19.8 Å². The van der Waals surface area contributed by atoms with Gasteiger partial charge >= 0.3 is 11.9 Å². The topological polar surface area (TPSA) is 112 Å². The molecule has 4 rings (SSSR count). The van der Waals surface area contributed by atoms with Gasteiger partial charge in [0.1, 0.15) is 16.6 Å². The molecule has 2 heterocycles. The zero-order valence-electron chi connectivity index (χ0n) is 15.2. The number of nitro groups is 1. The largest absolute Gasteiger partial charge is 0.465 e. The zero-order valence-corrected chi connectivity index (χ0v) is 15.2.